The highest BCUT2D eigenvalue weighted by atomic mass is 16.6. The number of rotatable bonds is 7. The van der Waals surface area contributed by atoms with Gasteiger partial charge in [-0.05, 0) is 44.6 Å². The van der Waals surface area contributed by atoms with E-state index < -0.39 is 17.7 Å². The van der Waals surface area contributed by atoms with Gasteiger partial charge in [-0.15, -0.1) is 0 Å². The number of carbonyl (C=O) groups is 2. The molecule has 0 aliphatic heterocycles. The molecule has 0 bridgehead atoms. The molecule has 27 heavy (non-hydrogen) atoms. The second-order valence-electron chi connectivity index (χ2n) is 7.52. The minimum Gasteiger partial charge on any atom is -0.458 e. The summed E-state index contributed by atoms with van der Waals surface area (Å²) in [6.07, 6.45) is 7.50. The van der Waals surface area contributed by atoms with Gasteiger partial charge in [-0.1, -0.05) is 63.1 Å². The minimum absolute atomic E-state index is 0.0735. The highest BCUT2D eigenvalue weighted by Crippen LogP contribution is 2.39. The Hall–Kier alpha value is -2.10. The van der Waals surface area contributed by atoms with Gasteiger partial charge in [0.05, 0.1) is 6.42 Å². The third kappa shape index (κ3) is 6.23. The fourth-order valence-electron chi connectivity index (χ4n) is 3.63. The van der Waals surface area contributed by atoms with Crippen molar-refractivity contribution in [3.63, 3.8) is 0 Å². The molecule has 1 aliphatic carbocycles. The molecule has 2 rings (SSSR count). The van der Waals surface area contributed by atoms with Crippen molar-refractivity contribution in [2.45, 2.75) is 83.3 Å². The topological polar surface area (TPSA) is 52.6 Å². The predicted molar refractivity (Wildman–Crippen MR) is 106 cm³/mol. The lowest BCUT2D eigenvalue weighted by atomic mass is 9.81. The number of esters is 2. The maximum Gasteiger partial charge on any atom is 0.333 e. The van der Waals surface area contributed by atoms with Gasteiger partial charge in [0.1, 0.15) is 11.7 Å². The molecule has 1 aliphatic rings. The molecule has 0 amide bonds. The Morgan fingerprint density at radius 2 is 1.67 bits per heavy atom. The fourth-order valence-corrected chi connectivity index (χ4v) is 3.63. The molecule has 1 aromatic rings. The van der Waals surface area contributed by atoms with Gasteiger partial charge in [-0.25, -0.2) is 4.79 Å². The summed E-state index contributed by atoms with van der Waals surface area (Å²) in [5.41, 5.74) is 0.824. The first-order valence-corrected chi connectivity index (χ1v) is 10.1. The molecule has 1 unspecified atom stereocenters. The van der Waals surface area contributed by atoms with Gasteiger partial charge in [0.25, 0.3) is 0 Å². The lowest BCUT2D eigenvalue weighted by molar-refractivity contribution is -0.168. The Morgan fingerprint density at radius 3 is 2.22 bits per heavy atom. The van der Waals surface area contributed by atoms with Crippen molar-refractivity contribution >= 4 is 11.9 Å². The van der Waals surface area contributed by atoms with E-state index in [9.17, 15) is 9.59 Å². The summed E-state index contributed by atoms with van der Waals surface area (Å²) in [4.78, 5) is 24.6. The zero-order valence-corrected chi connectivity index (χ0v) is 16.7. The second kappa shape index (κ2) is 10.3. The van der Waals surface area contributed by atoms with Crippen LogP contribution in [0, 0.1) is 0 Å². The highest BCUT2D eigenvalue weighted by molar-refractivity contribution is 5.87. The van der Waals surface area contributed by atoms with Crippen molar-refractivity contribution < 1.29 is 19.1 Å². The molecule has 0 saturated heterocycles. The van der Waals surface area contributed by atoms with E-state index in [1.54, 1.807) is 6.92 Å². The molecule has 1 saturated carbocycles. The molecule has 0 radical (unpaired) electrons. The summed E-state index contributed by atoms with van der Waals surface area (Å²) >= 11 is 0. The Morgan fingerprint density at radius 1 is 1.07 bits per heavy atom. The van der Waals surface area contributed by atoms with Crippen LogP contribution in [0.15, 0.2) is 42.5 Å². The van der Waals surface area contributed by atoms with Crippen LogP contribution in [0.1, 0.15) is 77.2 Å². The third-order valence-electron chi connectivity index (χ3n) is 5.24. The minimum atomic E-state index is -0.574. The summed E-state index contributed by atoms with van der Waals surface area (Å²) < 4.78 is 11.5. The first kappa shape index (κ1) is 21.2. The summed E-state index contributed by atoms with van der Waals surface area (Å²) in [5.74, 6) is -0.765. The molecule has 4 heteroatoms. The predicted octanol–water partition coefficient (Wildman–Crippen LogP) is 5.46. The number of hydrogen-bond acceptors (Lipinski definition) is 4. The van der Waals surface area contributed by atoms with Crippen molar-refractivity contribution in [2.75, 3.05) is 0 Å². The first-order chi connectivity index (χ1) is 13.0. The quantitative estimate of drug-likeness (QED) is 0.471. The molecule has 148 valence electrons. The number of benzene rings is 1. The summed E-state index contributed by atoms with van der Waals surface area (Å²) in [7, 11) is 0. The van der Waals surface area contributed by atoms with Crippen LogP contribution in [-0.2, 0) is 24.7 Å². The molecule has 1 atom stereocenters. The van der Waals surface area contributed by atoms with Crippen LogP contribution < -0.4 is 0 Å². The van der Waals surface area contributed by atoms with Crippen LogP contribution in [0.3, 0.4) is 0 Å². The van der Waals surface area contributed by atoms with Crippen LogP contribution in [0.25, 0.3) is 0 Å². The molecule has 1 aromatic carbocycles. The standard InChI is InChI=1S/C23H32O4/c1-4-20(26-22(25)18(2)3)17-21(24)27-23(19-13-9-8-10-14-19)15-11-6-5-7-12-16-23/h8-10,13-14,20H,2,4-7,11-12,15-17H2,1,3H3. The monoisotopic (exact) mass is 372 g/mol. The van der Waals surface area contributed by atoms with Crippen LogP contribution in [0.4, 0.5) is 0 Å². The van der Waals surface area contributed by atoms with Crippen molar-refractivity contribution in [3.05, 3.63) is 48.0 Å². The molecule has 1 fully saturated rings. The number of carbonyl (C=O) groups excluding carboxylic acids is 2. The largest absolute Gasteiger partial charge is 0.458 e. The molecule has 4 nitrogen and oxygen atoms in total. The van der Waals surface area contributed by atoms with E-state index in [4.69, 9.17) is 9.47 Å². The Labute approximate surface area is 162 Å². The first-order valence-electron chi connectivity index (χ1n) is 10.1. The fraction of sp³-hybridized carbons (Fsp3) is 0.565. The molecular weight excluding hydrogens is 340 g/mol. The molecule has 0 spiro atoms. The van der Waals surface area contributed by atoms with E-state index in [-0.39, 0.29) is 12.4 Å². The van der Waals surface area contributed by atoms with E-state index in [1.807, 2.05) is 37.3 Å². The van der Waals surface area contributed by atoms with Gasteiger partial charge in [-0.2, -0.15) is 0 Å². The smallest absolute Gasteiger partial charge is 0.333 e. The Balaban J connectivity index is 2.13. The Bertz CT molecular complexity index is 627. The highest BCUT2D eigenvalue weighted by Gasteiger charge is 2.36. The van der Waals surface area contributed by atoms with Gasteiger partial charge in [-0.3, -0.25) is 4.79 Å². The van der Waals surface area contributed by atoms with Gasteiger partial charge in [0.15, 0.2) is 0 Å². The number of ether oxygens (including phenoxy) is 2. The van der Waals surface area contributed by atoms with Crippen LogP contribution in [0.2, 0.25) is 0 Å². The maximum absolute atomic E-state index is 12.8. The lowest BCUT2D eigenvalue weighted by Crippen LogP contribution is -2.35. The second-order valence-corrected chi connectivity index (χ2v) is 7.52. The van der Waals surface area contributed by atoms with Crippen molar-refractivity contribution in [3.8, 4) is 0 Å². The van der Waals surface area contributed by atoms with Gasteiger partial charge in [0.2, 0.25) is 0 Å². The maximum atomic E-state index is 12.8. The van der Waals surface area contributed by atoms with Crippen molar-refractivity contribution in [1.82, 2.24) is 0 Å². The average molecular weight is 373 g/mol. The van der Waals surface area contributed by atoms with E-state index >= 15 is 0 Å². The van der Waals surface area contributed by atoms with Gasteiger partial charge < -0.3 is 9.47 Å². The summed E-state index contributed by atoms with van der Waals surface area (Å²) in [6.45, 7) is 7.09. The van der Waals surface area contributed by atoms with E-state index in [1.165, 1.54) is 19.3 Å². The SMILES string of the molecule is C=C(C)C(=O)OC(CC)CC(=O)OC1(c2ccccc2)CCCCCCC1. The van der Waals surface area contributed by atoms with Crippen molar-refractivity contribution in [1.29, 1.82) is 0 Å². The summed E-state index contributed by atoms with van der Waals surface area (Å²) in [5, 5.41) is 0. The van der Waals surface area contributed by atoms with Crippen molar-refractivity contribution in [2.24, 2.45) is 0 Å². The van der Waals surface area contributed by atoms with E-state index in [0.29, 0.717) is 12.0 Å². The zero-order chi connectivity index (χ0) is 19.7. The zero-order valence-electron chi connectivity index (χ0n) is 16.7. The van der Waals surface area contributed by atoms with Crippen LogP contribution in [0.5, 0.6) is 0 Å². The molecule has 0 aromatic heterocycles. The Kier molecular flexibility index (Phi) is 8.08. The third-order valence-corrected chi connectivity index (χ3v) is 5.24. The van der Waals surface area contributed by atoms with Gasteiger partial charge in [0, 0.05) is 5.57 Å². The molecule has 0 heterocycles. The lowest BCUT2D eigenvalue weighted by Gasteiger charge is -2.36. The van der Waals surface area contributed by atoms with E-state index in [0.717, 1.165) is 31.2 Å². The average Bonchev–Trinajstić information content (AvgIpc) is 2.64. The van der Waals surface area contributed by atoms with E-state index in [2.05, 4.69) is 6.58 Å². The van der Waals surface area contributed by atoms with Crippen LogP contribution in [-0.4, -0.2) is 18.0 Å². The molecular formula is C23H32O4. The summed E-state index contributed by atoms with van der Waals surface area (Å²) in [6, 6.07) is 10.1. The van der Waals surface area contributed by atoms with Crippen LogP contribution >= 0.6 is 0 Å². The molecule has 0 N–H and O–H groups in total. The number of hydrogen-bond donors (Lipinski definition) is 0. The normalized spacial score (nSPS) is 17.9. The van der Waals surface area contributed by atoms with Gasteiger partial charge >= 0.3 is 11.9 Å².